The molecule has 6 nitrogen and oxygen atoms in total. The summed E-state index contributed by atoms with van der Waals surface area (Å²) in [6.07, 6.45) is 4.04. The molecule has 0 aliphatic heterocycles. The highest BCUT2D eigenvalue weighted by Gasteiger charge is 2.10. The van der Waals surface area contributed by atoms with Crippen molar-refractivity contribution in [3.63, 3.8) is 0 Å². The van der Waals surface area contributed by atoms with Crippen LogP contribution in [-0.4, -0.2) is 33.9 Å². The summed E-state index contributed by atoms with van der Waals surface area (Å²) in [6, 6.07) is 12.0. The minimum atomic E-state index is 0.540. The summed E-state index contributed by atoms with van der Waals surface area (Å²) >= 11 is 12.2. The van der Waals surface area contributed by atoms with Gasteiger partial charge in [-0.2, -0.15) is 5.10 Å². The van der Waals surface area contributed by atoms with E-state index in [2.05, 4.69) is 46.0 Å². The fourth-order valence-electron chi connectivity index (χ4n) is 3.09. The first-order valence-electron chi connectivity index (χ1n) is 9.54. The Balaban J connectivity index is 1.47. The topological polar surface area (TPSA) is 59.2 Å². The maximum absolute atomic E-state index is 6.11. The third kappa shape index (κ3) is 5.34. The Bertz CT molecular complexity index is 975. The number of halogens is 2. The van der Waals surface area contributed by atoms with Crippen LogP contribution in [0.4, 0.5) is 0 Å². The number of rotatable bonds is 7. The zero-order valence-electron chi connectivity index (χ0n) is 16.9. The molecule has 0 aliphatic carbocycles. The van der Waals surface area contributed by atoms with Crippen LogP contribution >= 0.6 is 23.2 Å². The zero-order valence-corrected chi connectivity index (χ0v) is 18.4. The fraction of sp³-hybridized carbons (Fsp3) is 0.333. The van der Waals surface area contributed by atoms with Gasteiger partial charge in [-0.25, -0.2) is 4.68 Å². The van der Waals surface area contributed by atoms with Gasteiger partial charge >= 0.3 is 0 Å². The number of nitrogens with zero attached hydrogens (tertiary/aromatic N) is 4. The first-order chi connectivity index (χ1) is 14.0. The predicted octanol–water partition coefficient (Wildman–Crippen LogP) is 4.12. The lowest BCUT2D eigenvalue weighted by molar-refractivity contribution is 0.722. The average Bonchev–Trinajstić information content (AvgIpc) is 3.22. The molecule has 0 amide bonds. The molecule has 0 bridgehead atoms. The van der Waals surface area contributed by atoms with Crippen molar-refractivity contribution in [1.29, 1.82) is 0 Å². The van der Waals surface area contributed by atoms with Crippen LogP contribution in [-0.2, 0) is 20.0 Å². The van der Waals surface area contributed by atoms with Gasteiger partial charge in [0, 0.05) is 32.5 Å². The molecular weight excluding hydrogens is 407 g/mol. The number of aryl methyl sites for hydroxylation is 2. The van der Waals surface area contributed by atoms with E-state index in [0.717, 1.165) is 42.4 Å². The summed E-state index contributed by atoms with van der Waals surface area (Å²) in [5.74, 6) is 0.746. The molecule has 1 aromatic carbocycles. The summed E-state index contributed by atoms with van der Waals surface area (Å²) in [6.45, 7) is 3.45. The van der Waals surface area contributed by atoms with E-state index < -0.39 is 0 Å². The number of para-hydroxylation sites is 1. The number of nitrogens with one attached hydrogen (secondary N) is 2. The van der Waals surface area contributed by atoms with E-state index in [1.807, 2.05) is 40.6 Å². The molecule has 2 heterocycles. The average molecular weight is 433 g/mol. The molecule has 0 aliphatic rings. The lowest BCUT2D eigenvalue weighted by Crippen LogP contribution is -2.37. The predicted molar refractivity (Wildman–Crippen MR) is 120 cm³/mol. The first kappa shape index (κ1) is 21.3. The molecule has 0 unspecified atom stereocenters. The van der Waals surface area contributed by atoms with Gasteiger partial charge in [0.1, 0.15) is 5.15 Å². The van der Waals surface area contributed by atoms with Crippen LogP contribution in [0.5, 0.6) is 0 Å². The molecule has 2 aromatic heterocycles. The van der Waals surface area contributed by atoms with Gasteiger partial charge in [0.05, 0.1) is 22.9 Å². The number of aliphatic imine (C=N–C) groups is 1. The molecule has 0 fully saturated rings. The van der Waals surface area contributed by atoms with Crippen LogP contribution in [0.2, 0.25) is 10.2 Å². The molecule has 3 rings (SSSR count). The highest BCUT2D eigenvalue weighted by molar-refractivity contribution is 6.41. The minimum absolute atomic E-state index is 0.540. The number of aromatic nitrogens is 3. The second kappa shape index (κ2) is 9.85. The normalized spacial score (nSPS) is 11.7. The standard InChI is InChI=1S/C21H26Cl2N6/c1-15-16(14-29(27-15)17-9-5-4-6-10-17)8-7-11-25-21(24-2)26-13-18-12-19(22)20(23)28(18)3/h4-6,9-10,12,14H,7-8,11,13H2,1-3H3,(H2,24,25,26). The second-order valence-electron chi connectivity index (χ2n) is 6.81. The summed E-state index contributed by atoms with van der Waals surface area (Å²) in [7, 11) is 3.65. The van der Waals surface area contributed by atoms with Gasteiger partial charge in [-0.1, -0.05) is 41.4 Å². The highest BCUT2D eigenvalue weighted by atomic mass is 35.5. The Morgan fingerprint density at radius 3 is 2.59 bits per heavy atom. The van der Waals surface area contributed by atoms with Crippen LogP contribution in [0.15, 0.2) is 47.6 Å². The van der Waals surface area contributed by atoms with Crippen LogP contribution in [0.1, 0.15) is 23.4 Å². The highest BCUT2D eigenvalue weighted by Crippen LogP contribution is 2.24. The van der Waals surface area contributed by atoms with Gasteiger partial charge in [-0.3, -0.25) is 4.99 Å². The number of guanidine groups is 1. The van der Waals surface area contributed by atoms with E-state index in [1.54, 1.807) is 7.05 Å². The van der Waals surface area contributed by atoms with Crippen molar-refractivity contribution in [2.75, 3.05) is 13.6 Å². The van der Waals surface area contributed by atoms with E-state index in [4.69, 9.17) is 23.2 Å². The van der Waals surface area contributed by atoms with Crippen molar-refractivity contribution >= 4 is 29.2 Å². The van der Waals surface area contributed by atoms with Gasteiger partial charge in [-0.05, 0) is 43.5 Å². The zero-order chi connectivity index (χ0) is 20.8. The van der Waals surface area contributed by atoms with Gasteiger partial charge in [-0.15, -0.1) is 0 Å². The van der Waals surface area contributed by atoms with Gasteiger partial charge in [0.2, 0.25) is 0 Å². The maximum Gasteiger partial charge on any atom is 0.191 e. The monoisotopic (exact) mass is 432 g/mol. The molecule has 3 aromatic rings. The first-order valence-corrected chi connectivity index (χ1v) is 10.3. The largest absolute Gasteiger partial charge is 0.356 e. The van der Waals surface area contributed by atoms with E-state index in [1.165, 1.54) is 5.56 Å². The van der Waals surface area contributed by atoms with Gasteiger partial charge in [0.25, 0.3) is 0 Å². The molecular formula is C21H26Cl2N6. The summed E-state index contributed by atoms with van der Waals surface area (Å²) in [5.41, 5.74) is 4.39. The van der Waals surface area contributed by atoms with Crippen LogP contribution in [0.3, 0.4) is 0 Å². The van der Waals surface area contributed by atoms with Crippen LogP contribution in [0.25, 0.3) is 5.69 Å². The van der Waals surface area contributed by atoms with Crippen LogP contribution in [0, 0.1) is 6.92 Å². The third-order valence-electron chi connectivity index (χ3n) is 4.81. The number of benzene rings is 1. The molecule has 154 valence electrons. The van der Waals surface area contributed by atoms with Crippen LogP contribution < -0.4 is 10.6 Å². The van der Waals surface area contributed by atoms with Crippen molar-refractivity contribution in [2.45, 2.75) is 26.3 Å². The molecule has 0 spiro atoms. The summed E-state index contributed by atoms with van der Waals surface area (Å²) < 4.78 is 3.80. The molecule has 0 atom stereocenters. The fourth-order valence-corrected chi connectivity index (χ4v) is 3.51. The Labute approximate surface area is 181 Å². The van der Waals surface area contributed by atoms with E-state index in [-0.39, 0.29) is 0 Å². The molecule has 8 heteroatoms. The number of hydrogen-bond acceptors (Lipinski definition) is 2. The Morgan fingerprint density at radius 2 is 1.93 bits per heavy atom. The Kier molecular flexibility index (Phi) is 7.23. The van der Waals surface area contributed by atoms with Crippen molar-refractivity contribution in [3.8, 4) is 5.69 Å². The molecule has 2 N–H and O–H groups in total. The van der Waals surface area contributed by atoms with Crippen molar-refractivity contribution < 1.29 is 0 Å². The van der Waals surface area contributed by atoms with E-state index in [9.17, 15) is 0 Å². The smallest absolute Gasteiger partial charge is 0.191 e. The minimum Gasteiger partial charge on any atom is -0.356 e. The Hall–Kier alpha value is -2.44. The van der Waals surface area contributed by atoms with Crippen molar-refractivity contribution in [3.05, 3.63) is 69.7 Å². The van der Waals surface area contributed by atoms with E-state index in [0.29, 0.717) is 16.7 Å². The van der Waals surface area contributed by atoms with E-state index >= 15 is 0 Å². The maximum atomic E-state index is 6.11. The van der Waals surface area contributed by atoms with Gasteiger partial charge in [0.15, 0.2) is 5.96 Å². The van der Waals surface area contributed by atoms with Crippen molar-refractivity contribution in [2.24, 2.45) is 12.0 Å². The third-order valence-corrected chi connectivity index (χ3v) is 5.65. The summed E-state index contributed by atoms with van der Waals surface area (Å²) in [5, 5.41) is 12.4. The number of hydrogen-bond donors (Lipinski definition) is 2. The van der Waals surface area contributed by atoms with Gasteiger partial charge < -0.3 is 15.2 Å². The molecule has 0 saturated heterocycles. The van der Waals surface area contributed by atoms with Crippen molar-refractivity contribution in [1.82, 2.24) is 25.0 Å². The Morgan fingerprint density at radius 1 is 1.17 bits per heavy atom. The molecule has 0 saturated carbocycles. The summed E-state index contributed by atoms with van der Waals surface area (Å²) in [4.78, 5) is 4.27. The lowest BCUT2D eigenvalue weighted by atomic mass is 10.1. The SMILES string of the molecule is CN=C(NCCCc1cn(-c2ccccc2)nc1C)NCc1cc(Cl)c(Cl)n1C. The second-order valence-corrected chi connectivity index (χ2v) is 7.57. The lowest BCUT2D eigenvalue weighted by Gasteiger charge is -2.12. The molecule has 29 heavy (non-hydrogen) atoms. The molecule has 0 radical (unpaired) electrons. The quantitative estimate of drug-likeness (QED) is 0.335.